The average molecular weight is 571 g/mol. The first-order valence-electron chi connectivity index (χ1n) is 15.6. The number of rotatable bonds is 8. The number of carbonyl (C=O) groups is 1. The van der Waals surface area contributed by atoms with Crippen molar-refractivity contribution in [3.05, 3.63) is 142 Å². The molecule has 0 spiro atoms. The molecule has 4 aromatic rings. The van der Waals surface area contributed by atoms with Gasteiger partial charge in [0.1, 0.15) is 12.3 Å². The number of hydrogen-bond acceptors (Lipinski definition) is 5. The first kappa shape index (κ1) is 28.2. The zero-order valence-corrected chi connectivity index (χ0v) is 25.8. The third kappa shape index (κ3) is 5.47. The summed E-state index contributed by atoms with van der Waals surface area (Å²) in [4.78, 5) is 24.9. The van der Waals surface area contributed by atoms with E-state index in [1.807, 2.05) is 0 Å². The van der Waals surface area contributed by atoms with Gasteiger partial charge in [-0.05, 0) is 49.9 Å². The second-order valence-corrected chi connectivity index (χ2v) is 13.0. The third-order valence-corrected chi connectivity index (χ3v) is 9.51. The van der Waals surface area contributed by atoms with Crippen LogP contribution in [0.2, 0.25) is 0 Å². The summed E-state index contributed by atoms with van der Waals surface area (Å²) in [5.41, 5.74) is 10.1. The van der Waals surface area contributed by atoms with Gasteiger partial charge in [0.15, 0.2) is 5.78 Å². The molecule has 4 aromatic carbocycles. The minimum absolute atomic E-state index is 0.182. The van der Waals surface area contributed by atoms with Crippen LogP contribution >= 0.6 is 0 Å². The Morgan fingerprint density at radius 3 is 1.02 bits per heavy atom. The van der Waals surface area contributed by atoms with E-state index in [-0.39, 0.29) is 24.7 Å². The smallest absolute Gasteiger partial charge is 0.196 e. The van der Waals surface area contributed by atoms with E-state index in [0.717, 1.165) is 32.6 Å². The molecular weight excluding hydrogens is 528 g/mol. The van der Waals surface area contributed by atoms with Crippen LogP contribution in [0.25, 0.3) is 0 Å². The SMILES string of the molecule is Cc1cccc(CN2C3CC4N(Cc5cccc(C)c5)C2C(=O)C(N3Cc2cccc(C)c2)N4Cc2cccc(C)c2)c1. The van der Waals surface area contributed by atoms with Gasteiger partial charge in [-0.15, -0.1) is 0 Å². The van der Waals surface area contributed by atoms with E-state index < -0.39 is 0 Å². The van der Waals surface area contributed by atoms with E-state index >= 15 is 0 Å². The number of carbonyl (C=O) groups excluding carboxylic acids is 1. The average Bonchev–Trinajstić information content (AvgIpc) is 2.96. The molecule has 0 N–H and O–H groups in total. The summed E-state index contributed by atoms with van der Waals surface area (Å²) in [6, 6.07) is 35.1. The molecule has 0 aliphatic carbocycles. The Bertz CT molecular complexity index is 1420. The van der Waals surface area contributed by atoms with E-state index in [9.17, 15) is 4.79 Å². The first-order valence-corrected chi connectivity index (χ1v) is 15.6. The summed E-state index contributed by atoms with van der Waals surface area (Å²) in [7, 11) is 0. The minimum Gasteiger partial charge on any atom is -0.293 e. The maximum absolute atomic E-state index is 14.9. The van der Waals surface area contributed by atoms with E-state index in [1.54, 1.807) is 0 Å². The van der Waals surface area contributed by atoms with Gasteiger partial charge in [-0.25, -0.2) is 0 Å². The second kappa shape index (κ2) is 11.5. The molecule has 43 heavy (non-hydrogen) atoms. The van der Waals surface area contributed by atoms with E-state index in [4.69, 9.17) is 0 Å². The molecule has 220 valence electrons. The lowest BCUT2D eigenvalue weighted by Gasteiger charge is -2.68. The fourth-order valence-corrected chi connectivity index (χ4v) is 7.78. The Labute approximate surface area is 256 Å². The maximum Gasteiger partial charge on any atom is 0.196 e. The molecule has 5 nitrogen and oxygen atoms in total. The quantitative estimate of drug-likeness (QED) is 0.240. The summed E-state index contributed by atoms with van der Waals surface area (Å²) in [5.74, 6) is 0.299. The molecule has 4 fully saturated rings. The summed E-state index contributed by atoms with van der Waals surface area (Å²) in [6.07, 6.45) is 0.826. The maximum atomic E-state index is 14.9. The number of benzene rings is 4. The van der Waals surface area contributed by atoms with Crippen molar-refractivity contribution < 1.29 is 4.79 Å². The van der Waals surface area contributed by atoms with Gasteiger partial charge in [0, 0.05) is 32.6 Å². The Morgan fingerprint density at radius 1 is 0.488 bits per heavy atom. The Kier molecular flexibility index (Phi) is 7.52. The van der Waals surface area contributed by atoms with Crippen LogP contribution < -0.4 is 0 Å². The molecule has 4 heterocycles. The molecule has 0 atom stereocenters. The van der Waals surface area contributed by atoms with Crippen molar-refractivity contribution in [3.63, 3.8) is 0 Å². The predicted molar refractivity (Wildman–Crippen MR) is 172 cm³/mol. The van der Waals surface area contributed by atoms with Gasteiger partial charge >= 0.3 is 0 Å². The number of hydrogen-bond donors (Lipinski definition) is 0. The molecule has 5 heteroatoms. The molecule has 0 aromatic heterocycles. The largest absolute Gasteiger partial charge is 0.293 e. The monoisotopic (exact) mass is 570 g/mol. The molecule has 4 saturated heterocycles. The van der Waals surface area contributed by atoms with Crippen molar-refractivity contribution in [1.82, 2.24) is 19.6 Å². The normalized spacial score (nSPS) is 24.2. The molecule has 0 saturated carbocycles. The van der Waals surface area contributed by atoms with Gasteiger partial charge in [0.25, 0.3) is 0 Å². The molecule has 4 bridgehead atoms. The number of nitrogens with zero attached hydrogens (tertiary/aromatic N) is 4. The highest BCUT2D eigenvalue weighted by Gasteiger charge is 2.62. The zero-order valence-electron chi connectivity index (χ0n) is 25.8. The van der Waals surface area contributed by atoms with Crippen molar-refractivity contribution in [2.24, 2.45) is 0 Å². The van der Waals surface area contributed by atoms with Crippen LogP contribution in [0.5, 0.6) is 0 Å². The fraction of sp³-hybridized carbons (Fsp3) is 0.342. The van der Waals surface area contributed by atoms with E-state index in [0.29, 0.717) is 5.78 Å². The highest BCUT2D eigenvalue weighted by Crippen LogP contribution is 2.45. The van der Waals surface area contributed by atoms with Crippen molar-refractivity contribution in [3.8, 4) is 0 Å². The molecular formula is C38H42N4O. The number of ketones is 1. The fourth-order valence-electron chi connectivity index (χ4n) is 7.78. The van der Waals surface area contributed by atoms with Crippen LogP contribution in [0, 0.1) is 27.7 Å². The summed E-state index contributed by atoms with van der Waals surface area (Å²) >= 11 is 0. The molecule has 0 radical (unpaired) electrons. The third-order valence-electron chi connectivity index (χ3n) is 9.51. The van der Waals surface area contributed by atoms with E-state index in [2.05, 4.69) is 144 Å². The van der Waals surface area contributed by atoms with Crippen LogP contribution in [-0.4, -0.2) is 50.0 Å². The van der Waals surface area contributed by atoms with Gasteiger partial charge in [-0.2, -0.15) is 0 Å². The summed E-state index contributed by atoms with van der Waals surface area (Å²) in [5, 5.41) is 0. The topological polar surface area (TPSA) is 30.0 Å². The zero-order chi connectivity index (χ0) is 29.7. The standard InChI is InChI=1S/C38H42N4O/c1-26-9-5-13-30(17-26)22-39-34-21-35-41(24-32-15-7-11-28(3)19-32)37(39)36(43)38(40(34)23-31-14-6-10-27(2)18-31)42(35)25-33-16-8-12-29(4)20-33/h5-20,34-35,37-38H,21-25H2,1-4H3. The summed E-state index contributed by atoms with van der Waals surface area (Å²) < 4.78 is 0. The number of aryl methyl sites for hydroxylation is 4. The van der Waals surface area contributed by atoms with Crippen LogP contribution in [0.4, 0.5) is 0 Å². The molecule has 4 aliphatic rings. The summed E-state index contributed by atoms with van der Waals surface area (Å²) in [6.45, 7) is 11.6. The predicted octanol–water partition coefficient (Wildman–Crippen LogP) is 6.53. The minimum atomic E-state index is -0.253. The van der Waals surface area contributed by atoms with Crippen LogP contribution in [0.3, 0.4) is 0 Å². The molecule has 8 rings (SSSR count). The van der Waals surface area contributed by atoms with Gasteiger partial charge in [0.2, 0.25) is 0 Å². The van der Waals surface area contributed by atoms with Crippen molar-refractivity contribution in [1.29, 1.82) is 0 Å². The van der Waals surface area contributed by atoms with Gasteiger partial charge in [0.05, 0.1) is 12.3 Å². The van der Waals surface area contributed by atoms with Crippen LogP contribution in [-0.2, 0) is 31.0 Å². The Hall–Kier alpha value is -3.61. The Balaban J connectivity index is 1.31. The van der Waals surface area contributed by atoms with Gasteiger partial charge in [-0.1, -0.05) is 119 Å². The van der Waals surface area contributed by atoms with E-state index in [1.165, 1.54) is 44.5 Å². The van der Waals surface area contributed by atoms with Crippen molar-refractivity contribution in [2.45, 2.75) is 85.0 Å². The van der Waals surface area contributed by atoms with Crippen LogP contribution in [0.15, 0.2) is 97.1 Å². The van der Waals surface area contributed by atoms with Gasteiger partial charge in [-0.3, -0.25) is 24.4 Å². The lowest BCUT2D eigenvalue weighted by molar-refractivity contribution is -0.269. The van der Waals surface area contributed by atoms with Crippen molar-refractivity contribution in [2.75, 3.05) is 0 Å². The van der Waals surface area contributed by atoms with Crippen LogP contribution in [0.1, 0.15) is 50.9 Å². The van der Waals surface area contributed by atoms with Crippen molar-refractivity contribution >= 4 is 5.78 Å². The molecule has 0 unspecified atom stereocenters. The molecule has 4 aliphatic heterocycles. The molecule has 0 amide bonds. The first-order chi connectivity index (χ1) is 20.8. The lowest BCUT2D eigenvalue weighted by Crippen LogP contribution is -2.85. The second-order valence-electron chi connectivity index (χ2n) is 13.0. The lowest BCUT2D eigenvalue weighted by atomic mass is 9.88. The highest BCUT2D eigenvalue weighted by atomic mass is 16.1. The Morgan fingerprint density at radius 2 is 0.767 bits per heavy atom. The number of Topliss-reactive ketones (excluding diaryl/α,β-unsaturated/α-hetero) is 1. The van der Waals surface area contributed by atoms with Gasteiger partial charge < -0.3 is 0 Å². The highest BCUT2D eigenvalue weighted by molar-refractivity contribution is 5.90.